The van der Waals surface area contributed by atoms with Gasteiger partial charge < -0.3 is 13.9 Å². The number of nitrogens with zero attached hydrogens (tertiary/aromatic N) is 2. The molecule has 0 aliphatic heterocycles. The minimum atomic E-state index is -0.0431. The van der Waals surface area contributed by atoms with Gasteiger partial charge in [-0.3, -0.25) is 0 Å². The summed E-state index contributed by atoms with van der Waals surface area (Å²) < 4.78 is 8.86. The van der Waals surface area contributed by atoms with Gasteiger partial charge in [-0.1, -0.05) is 133 Å². The summed E-state index contributed by atoms with van der Waals surface area (Å²) in [5.74, 6) is 0. The Morgan fingerprint density at radius 2 is 1.00 bits per heavy atom. The molecule has 2 aliphatic rings. The minimum Gasteiger partial charge on any atom is -0.456 e. The SMILES string of the molecule is c1ccc(-n2c3ccccc3c3ccc(N(c4ccc(-c5ccc6c(c5)C5(Cc7ccccc7C5)c5ccccc5-6)cc4)c4ccc5c(c4)oc4ccccc45)cc32)cc1. The third-order valence-corrected chi connectivity index (χ3v) is 13.4. The summed E-state index contributed by atoms with van der Waals surface area (Å²) in [6, 6.07) is 75.6. The minimum absolute atomic E-state index is 0.0431. The first-order valence-corrected chi connectivity index (χ1v) is 20.9. The maximum absolute atomic E-state index is 6.47. The number of anilines is 3. The number of hydrogen-bond donors (Lipinski definition) is 0. The van der Waals surface area contributed by atoms with Crippen LogP contribution in [-0.2, 0) is 18.3 Å². The molecule has 11 aromatic rings. The van der Waals surface area contributed by atoms with Crippen LogP contribution in [0, 0.1) is 0 Å². The van der Waals surface area contributed by atoms with Gasteiger partial charge in [0.15, 0.2) is 0 Å². The largest absolute Gasteiger partial charge is 0.456 e. The summed E-state index contributed by atoms with van der Waals surface area (Å²) in [6.07, 6.45) is 2.07. The molecule has 0 fully saturated rings. The summed E-state index contributed by atoms with van der Waals surface area (Å²) in [6.45, 7) is 0. The molecule has 0 unspecified atom stereocenters. The van der Waals surface area contributed by atoms with Crippen LogP contribution < -0.4 is 4.90 Å². The Morgan fingerprint density at radius 3 is 1.83 bits per heavy atom. The summed E-state index contributed by atoms with van der Waals surface area (Å²) >= 11 is 0. The quantitative estimate of drug-likeness (QED) is 0.174. The third-order valence-electron chi connectivity index (χ3n) is 13.4. The van der Waals surface area contributed by atoms with E-state index >= 15 is 0 Å². The van der Waals surface area contributed by atoms with Crippen LogP contribution in [0.25, 0.3) is 71.7 Å². The Bertz CT molecular complexity index is 3470. The van der Waals surface area contributed by atoms with Crippen molar-refractivity contribution >= 4 is 60.8 Å². The maximum Gasteiger partial charge on any atom is 0.137 e. The smallest absolute Gasteiger partial charge is 0.137 e. The lowest BCUT2D eigenvalue weighted by Gasteiger charge is -2.27. The van der Waals surface area contributed by atoms with Gasteiger partial charge in [-0.05, 0) is 124 Å². The van der Waals surface area contributed by atoms with E-state index in [-0.39, 0.29) is 5.41 Å². The zero-order chi connectivity index (χ0) is 39.4. The molecule has 2 aromatic heterocycles. The average molecular weight is 767 g/mol. The highest BCUT2D eigenvalue weighted by Crippen LogP contribution is 2.56. The molecule has 3 heteroatoms. The van der Waals surface area contributed by atoms with Crippen molar-refractivity contribution in [3.05, 3.63) is 229 Å². The predicted octanol–water partition coefficient (Wildman–Crippen LogP) is 14.9. The van der Waals surface area contributed by atoms with Gasteiger partial charge >= 0.3 is 0 Å². The molecule has 0 atom stereocenters. The van der Waals surface area contributed by atoms with Crippen LogP contribution >= 0.6 is 0 Å². The number of para-hydroxylation sites is 3. The molecule has 0 saturated heterocycles. The van der Waals surface area contributed by atoms with Crippen LogP contribution in [0.15, 0.2) is 211 Å². The van der Waals surface area contributed by atoms with Crippen LogP contribution in [0.3, 0.4) is 0 Å². The molecule has 1 spiro atoms. The molecule has 9 aromatic carbocycles. The molecule has 60 heavy (non-hydrogen) atoms. The highest BCUT2D eigenvalue weighted by Gasteiger charge is 2.47. The topological polar surface area (TPSA) is 21.3 Å². The van der Waals surface area contributed by atoms with Crippen LogP contribution in [0.5, 0.6) is 0 Å². The van der Waals surface area contributed by atoms with Gasteiger partial charge in [-0.15, -0.1) is 0 Å². The third kappa shape index (κ3) is 4.84. The second-order valence-corrected chi connectivity index (χ2v) is 16.6. The van der Waals surface area contributed by atoms with Crippen LogP contribution in [-0.4, -0.2) is 4.57 Å². The number of hydrogen-bond acceptors (Lipinski definition) is 2. The van der Waals surface area contributed by atoms with E-state index in [2.05, 4.69) is 204 Å². The lowest BCUT2D eigenvalue weighted by Crippen LogP contribution is -2.25. The average Bonchev–Trinajstić information content (AvgIpc) is 4.05. The number of rotatable bonds is 5. The second-order valence-electron chi connectivity index (χ2n) is 16.6. The van der Waals surface area contributed by atoms with Crippen molar-refractivity contribution in [3.63, 3.8) is 0 Å². The number of benzene rings is 9. The fourth-order valence-corrected chi connectivity index (χ4v) is 10.7. The van der Waals surface area contributed by atoms with Gasteiger partial charge in [-0.25, -0.2) is 0 Å². The number of furan rings is 1. The van der Waals surface area contributed by atoms with Crippen molar-refractivity contribution in [1.82, 2.24) is 4.57 Å². The van der Waals surface area contributed by atoms with E-state index in [1.54, 1.807) is 0 Å². The summed E-state index contributed by atoms with van der Waals surface area (Å²) in [5.41, 5.74) is 19.4. The van der Waals surface area contributed by atoms with Crippen molar-refractivity contribution in [1.29, 1.82) is 0 Å². The molecular formula is C57H38N2O. The summed E-state index contributed by atoms with van der Waals surface area (Å²) in [7, 11) is 0. The first-order valence-electron chi connectivity index (χ1n) is 20.9. The van der Waals surface area contributed by atoms with Gasteiger partial charge in [0, 0.05) is 55.8 Å². The van der Waals surface area contributed by atoms with Gasteiger partial charge in [0.1, 0.15) is 11.2 Å². The Balaban J connectivity index is 0.958. The van der Waals surface area contributed by atoms with Crippen LogP contribution in [0.1, 0.15) is 22.3 Å². The van der Waals surface area contributed by atoms with Gasteiger partial charge in [-0.2, -0.15) is 0 Å². The Labute approximate surface area is 348 Å². The first-order chi connectivity index (χ1) is 29.7. The van der Waals surface area contributed by atoms with E-state index in [1.807, 2.05) is 12.1 Å². The second kappa shape index (κ2) is 12.7. The molecule has 3 nitrogen and oxygen atoms in total. The molecule has 0 bridgehead atoms. The Kier molecular flexibility index (Phi) is 7.06. The van der Waals surface area contributed by atoms with Crippen molar-refractivity contribution < 1.29 is 4.42 Å². The Hall–Kier alpha value is -7.62. The van der Waals surface area contributed by atoms with Crippen molar-refractivity contribution in [3.8, 4) is 27.9 Å². The van der Waals surface area contributed by atoms with E-state index in [0.717, 1.165) is 63.0 Å². The standard InChI is InChI=1S/C57H38N2O/c1-2-14-41(15-3-1)59-53-20-10-7-17-47(53)48-30-27-43(33-54(48)59)58(44-28-31-50-49-18-8-11-21-55(49)60-56(50)34-44)42-25-22-37(23-26-42)38-24-29-46-45-16-6-9-19-51(45)57(52(46)32-38)35-39-12-4-5-13-40(39)36-57/h1-34H,35-36H2. The van der Waals surface area contributed by atoms with Gasteiger partial charge in [0.2, 0.25) is 0 Å². The van der Waals surface area contributed by atoms with E-state index in [0.29, 0.717) is 0 Å². The molecule has 282 valence electrons. The maximum atomic E-state index is 6.47. The molecule has 2 aliphatic carbocycles. The molecule has 2 heterocycles. The zero-order valence-corrected chi connectivity index (χ0v) is 32.8. The zero-order valence-electron chi connectivity index (χ0n) is 32.8. The van der Waals surface area contributed by atoms with E-state index < -0.39 is 0 Å². The molecule has 13 rings (SSSR count). The monoisotopic (exact) mass is 766 g/mol. The molecule has 0 N–H and O–H groups in total. The fraction of sp³-hybridized carbons (Fsp3) is 0.0526. The van der Waals surface area contributed by atoms with Gasteiger partial charge in [0.05, 0.1) is 11.0 Å². The fourth-order valence-electron chi connectivity index (χ4n) is 10.7. The normalized spacial score (nSPS) is 13.7. The lowest BCUT2D eigenvalue weighted by molar-refractivity contribution is 0.564. The van der Waals surface area contributed by atoms with Gasteiger partial charge in [0.25, 0.3) is 0 Å². The predicted molar refractivity (Wildman–Crippen MR) is 248 cm³/mol. The summed E-state index contributed by atoms with van der Waals surface area (Å²) in [5, 5.41) is 4.71. The van der Waals surface area contributed by atoms with Crippen molar-refractivity contribution in [2.24, 2.45) is 0 Å². The lowest BCUT2D eigenvalue weighted by atomic mass is 9.75. The highest BCUT2D eigenvalue weighted by atomic mass is 16.3. The highest BCUT2D eigenvalue weighted by molar-refractivity contribution is 6.11. The molecule has 0 amide bonds. The number of aromatic nitrogens is 1. The van der Waals surface area contributed by atoms with Crippen LogP contribution in [0.2, 0.25) is 0 Å². The molecule has 0 saturated carbocycles. The molecule has 0 radical (unpaired) electrons. The van der Waals surface area contributed by atoms with Crippen LogP contribution in [0.4, 0.5) is 17.1 Å². The molecular weight excluding hydrogens is 729 g/mol. The van der Waals surface area contributed by atoms with E-state index in [1.165, 1.54) is 60.8 Å². The van der Waals surface area contributed by atoms with E-state index in [9.17, 15) is 0 Å². The Morgan fingerprint density at radius 1 is 0.400 bits per heavy atom. The van der Waals surface area contributed by atoms with Crippen molar-refractivity contribution in [2.75, 3.05) is 4.90 Å². The summed E-state index contributed by atoms with van der Waals surface area (Å²) in [4.78, 5) is 2.37. The van der Waals surface area contributed by atoms with E-state index in [4.69, 9.17) is 4.42 Å². The number of fused-ring (bicyclic) bond motifs is 12. The van der Waals surface area contributed by atoms with Crippen molar-refractivity contribution in [2.45, 2.75) is 18.3 Å². The first kappa shape index (κ1) is 33.4.